The smallest absolute Gasteiger partial charge is 0.276 e. The molecule has 1 aromatic carbocycles. The molecule has 1 atom stereocenters. The Bertz CT molecular complexity index is 971. The number of Topliss-reactive ketones (excluding diaryl/α,β-unsaturated/α-hetero) is 1. The molecule has 1 unspecified atom stereocenters. The minimum Gasteiger partial charge on any atom is -0.486 e. The van der Waals surface area contributed by atoms with Gasteiger partial charge in [0.15, 0.2) is 17.2 Å². The van der Waals surface area contributed by atoms with Crippen LogP contribution in [-0.4, -0.2) is 38.8 Å². The molecule has 28 heavy (non-hydrogen) atoms. The maximum absolute atomic E-state index is 12.6. The van der Waals surface area contributed by atoms with Gasteiger partial charge < -0.3 is 14.2 Å². The highest BCUT2D eigenvalue weighted by Gasteiger charge is 2.23. The van der Waals surface area contributed by atoms with Gasteiger partial charge in [0.05, 0.1) is 11.7 Å². The Balaban J connectivity index is 1.64. The van der Waals surface area contributed by atoms with E-state index < -0.39 is 0 Å². The fraction of sp³-hybridized carbons (Fsp3) is 0.250. The van der Waals surface area contributed by atoms with Crippen molar-refractivity contribution in [1.29, 1.82) is 0 Å². The molecule has 2 aromatic heterocycles. The van der Waals surface area contributed by atoms with Gasteiger partial charge in [-0.1, -0.05) is 17.3 Å². The van der Waals surface area contributed by atoms with E-state index in [2.05, 4.69) is 15.1 Å². The van der Waals surface area contributed by atoms with E-state index in [1.165, 1.54) is 18.2 Å². The predicted molar refractivity (Wildman–Crippen MR) is 99.8 cm³/mol. The Kier molecular flexibility index (Phi) is 5.78. The second-order valence-corrected chi connectivity index (χ2v) is 6.28. The van der Waals surface area contributed by atoms with Crippen LogP contribution < -0.4 is 4.74 Å². The molecule has 0 fully saturated rings. The molecular weight excluding hydrogens is 360 g/mol. The van der Waals surface area contributed by atoms with Gasteiger partial charge in [0.2, 0.25) is 0 Å². The Morgan fingerprint density at radius 2 is 2.07 bits per heavy atom. The maximum atomic E-state index is 12.6. The second kappa shape index (κ2) is 8.43. The van der Waals surface area contributed by atoms with Crippen LogP contribution >= 0.6 is 0 Å². The normalized spacial score (nSPS) is 11.7. The summed E-state index contributed by atoms with van der Waals surface area (Å²) in [6.07, 6.45) is 3.07. The van der Waals surface area contributed by atoms with Gasteiger partial charge in [-0.3, -0.25) is 9.59 Å². The van der Waals surface area contributed by atoms with Gasteiger partial charge in [0.25, 0.3) is 5.91 Å². The summed E-state index contributed by atoms with van der Waals surface area (Å²) in [5.74, 6) is 0.602. The number of amides is 1. The Morgan fingerprint density at radius 1 is 1.25 bits per heavy atom. The van der Waals surface area contributed by atoms with Gasteiger partial charge in [0, 0.05) is 24.9 Å². The third kappa shape index (κ3) is 4.40. The van der Waals surface area contributed by atoms with Crippen molar-refractivity contribution in [2.75, 3.05) is 7.05 Å². The highest BCUT2D eigenvalue weighted by Crippen LogP contribution is 2.19. The Hall–Kier alpha value is -3.55. The van der Waals surface area contributed by atoms with E-state index in [4.69, 9.17) is 9.26 Å². The van der Waals surface area contributed by atoms with E-state index in [1.807, 2.05) is 6.92 Å². The van der Waals surface area contributed by atoms with E-state index >= 15 is 0 Å². The topological polar surface area (TPSA) is 98.4 Å². The summed E-state index contributed by atoms with van der Waals surface area (Å²) in [4.78, 5) is 33.7. The summed E-state index contributed by atoms with van der Waals surface area (Å²) >= 11 is 0. The fourth-order valence-electron chi connectivity index (χ4n) is 2.54. The lowest BCUT2D eigenvalue weighted by molar-refractivity contribution is 0.0728. The summed E-state index contributed by atoms with van der Waals surface area (Å²) in [5, 5.41) is 3.84. The number of hydrogen-bond acceptors (Lipinski definition) is 7. The molecule has 3 rings (SSSR count). The van der Waals surface area contributed by atoms with Crippen LogP contribution in [0.3, 0.4) is 0 Å². The van der Waals surface area contributed by atoms with Gasteiger partial charge in [-0.25, -0.2) is 9.97 Å². The van der Waals surface area contributed by atoms with Crippen LogP contribution in [0.5, 0.6) is 5.75 Å². The van der Waals surface area contributed by atoms with Crippen LogP contribution in [0.2, 0.25) is 0 Å². The van der Waals surface area contributed by atoms with Crippen molar-refractivity contribution in [3.63, 3.8) is 0 Å². The van der Waals surface area contributed by atoms with E-state index in [9.17, 15) is 9.59 Å². The predicted octanol–water partition coefficient (Wildman–Crippen LogP) is 3.08. The molecule has 8 nitrogen and oxygen atoms in total. The van der Waals surface area contributed by atoms with Crippen LogP contribution in [0.4, 0.5) is 0 Å². The molecule has 0 aliphatic heterocycles. The second-order valence-electron chi connectivity index (χ2n) is 6.28. The number of aromatic nitrogens is 3. The molecular formula is C20H20N4O4. The van der Waals surface area contributed by atoms with Crippen molar-refractivity contribution in [3.05, 3.63) is 71.6 Å². The van der Waals surface area contributed by atoms with Crippen LogP contribution in [0.25, 0.3) is 0 Å². The molecule has 2 heterocycles. The SMILES string of the molecule is CC(=O)c1cccc(OCc2cc(C(=O)N(C)C(C)c3ccncn3)no2)c1. The fourth-order valence-corrected chi connectivity index (χ4v) is 2.54. The van der Waals surface area contributed by atoms with Crippen molar-refractivity contribution >= 4 is 11.7 Å². The van der Waals surface area contributed by atoms with Gasteiger partial charge in [0.1, 0.15) is 18.7 Å². The molecule has 0 bridgehead atoms. The van der Waals surface area contributed by atoms with Gasteiger partial charge in [-0.2, -0.15) is 0 Å². The zero-order valence-corrected chi connectivity index (χ0v) is 15.8. The standard InChI is InChI=1S/C20H20N4O4/c1-13(18-7-8-21-12-22-18)24(3)20(26)19-10-17(28-23-19)11-27-16-6-4-5-15(9-16)14(2)25/h4-10,12-13H,11H2,1-3H3. The first kappa shape index (κ1) is 19.2. The lowest BCUT2D eigenvalue weighted by Gasteiger charge is -2.23. The van der Waals surface area contributed by atoms with Crippen LogP contribution in [0.15, 0.2) is 53.4 Å². The van der Waals surface area contributed by atoms with Gasteiger partial charge >= 0.3 is 0 Å². The van der Waals surface area contributed by atoms with E-state index in [0.717, 1.165) is 5.69 Å². The van der Waals surface area contributed by atoms with Crippen molar-refractivity contribution < 1.29 is 18.8 Å². The van der Waals surface area contributed by atoms with Crippen molar-refractivity contribution in [2.24, 2.45) is 0 Å². The van der Waals surface area contributed by atoms with Crippen LogP contribution in [-0.2, 0) is 6.61 Å². The monoisotopic (exact) mass is 380 g/mol. The molecule has 0 N–H and O–H groups in total. The summed E-state index contributed by atoms with van der Waals surface area (Å²) in [6.45, 7) is 3.45. The molecule has 0 aliphatic rings. The average Bonchev–Trinajstić information content (AvgIpc) is 3.20. The molecule has 0 aliphatic carbocycles. The van der Waals surface area contributed by atoms with Crippen molar-refractivity contribution in [3.8, 4) is 5.75 Å². The summed E-state index contributed by atoms with van der Waals surface area (Å²) in [7, 11) is 1.67. The van der Waals surface area contributed by atoms with Crippen LogP contribution in [0, 0.1) is 0 Å². The molecule has 0 radical (unpaired) electrons. The van der Waals surface area contributed by atoms with Crippen molar-refractivity contribution in [2.45, 2.75) is 26.5 Å². The summed E-state index contributed by atoms with van der Waals surface area (Å²) in [5.41, 5.74) is 1.47. The summed E-state index contributed by atoms with van der Waals surface area (Å²) in [6, 6.07) is 9.90. The number of hydrogen-bond donors (Lipinski definition) is 0. The van der Waals surface area contributed by atoms with E-state index in [0.29, 0.717) is 17.1 Å². The van der Waals surface area contributed by atoms with Crippen LogP contribution in [0.1, 0.15) is 52.2 Å². The molecule has 3 aromatic rings. The Morgan fingerprint density at radius 3 is 2.79 bits per heavy atom. The number of ketones is 1. The molecule has 8 heteroatoms. The van der Waals surface area contributed by atoms with Gasteiger partial charge in [-0.05, 0) is 32.0 Å². The third-order valence-electron chi connectivity index (χ3n) is 4.33. The number of rotatable bonds is 7. The van der Waals surface area contributed by atoms with Crippen molar-refractivity contribution in [1.82, 2.24) is 20.0 Å². The maximum Gasteiger partial charge on any atom is 0.276 e. The van der Waals surface area contributed by atoms with Gasteiger partial charge in [-0.15, -0.1) is 0 Å². The van der Waals surface area contributed by atoms with E-state index in [-0.39, 0.29) is 30.0 Å². The number of carbonyl (C=O) groups excluding carboxylic acids is 2. The van der Waals surface area contributed by atoms with E-state index in [1.54, 1.807) is 49.6 Å². The number of carbonyl (C=O) groups is 2. The minimum atomic E-state index is -0.292. The highest BCUT2D eigenvalue weighted by molar-refractivity contribution is 5.94. The molecule has 144 valence electrons. The first-order valence-electron chi connectivity index (χ1n) is 8.68. The largest absolute Gasteiger partial charge is 0.486 e. The minimum absolute atomic E-state index is 0.0427. The molecule has 0 saturated carbocycles. The third-order valence-corrected chi connectivity index (χ3v) is 4.33. The number of nitrogens with zero attached hydrogens (tertiary/aromatic N) is 4. The average molecular weight is 380 g/mol. The Labute approximate surface area is 162 Å². The zero-order chi connectivity index (χ0) is 20.1. The zero-order valence-electron chi connectivity index (χ0n) is 15.8. The molecule has 0 saturated heterocycles. The number of benzene rings is 1. The first-order valence-corrected chi connectivity index (χ1v) is 8.68. The summed E-state index contributed by atoms with van der Waals surface area (Å²) < 4.78 is 10.8. The molecule has 0 spiro atoms. The lowest BCUT2D eigenvalue weighted by atomic mass is 10.1. The number of ether oxygens (including phenoxy) is 1. The molecule has 1 amide bonds. The highest BCUT2D eigenvalue weighted by atomic mass is 16.5. The lowest BCUT2D eigenvalue weighted by Crippen LogP contribution is -2.30. The quantitative estimate of drug-likeness (QED) is 0.581. The first-order chi connectivity index (χ1) is 13.5.